The second-order valence-corrected chi connectivity index (χ2v) is 9.14. The molecule has 2 amide bonds. The van der Waals surface area contributed by atoms with Crippen LogP contribution in [0.4, 0.5) is 41.6 Å². The highest BCUT2D eigenvalue weighted by Gasteiger charge is 2.38. The number of anilines is 1. The van der Waals surface area contributed by atoms with Gasteiger partial charge in [0.1, 0.15) is 0 Å². The molecule has 37 heavy (non-hydrogen) atoms. The van der Waals surface area contributed by atoms with Crippen LogP contribution in [0.1, 0.15) is 48.1 Å². The minimum Gasteiger partial charge on any atom is -0.453 e. The number of amides is 2. The van der Waals surface area contributed by atoms with Crippen LogP contribution in [0.5, 0.6) is 0 Å². The van der Waals surface area contributed by atoms with Gasteiger partial charge >= 0.3 is 24.5 Å². The van der Waals surface area contributed by atoms with Crippen LogP contribution in [0.2, 0.25) is 0 Å². The summed E-state index contributed by atoms with van der Waals surface area (Å²) in [6, 6.07) is 5.28. The normalized spacial score (nSPS) is 16.0. The number of carbonyl (C=O) groups is 2. The number of benzene rings is 2. The topological polar surface area (TPSA) is 59.1 Å². The molecule has 1 aliphatic heterocycles. The van der Waals surface area contributed by atoms with E-state index in [1.807, 2.05) is 0 Å². The fraction of sp³-hybridized carbons (Fsp3) is 0.417. The van der Waals surface area contributed by atoms with Gasteiger partial charge in [0.2, 0.25) is 0 Å². The molecule has 0 spiro atoms. The van der Waals surface area contributed by atoms with Crippen LogP contribution in [-0.2, 0) is 28.4 Å². The molecule has 0 N–H and O–H groups in total. The number of carbonyl (C=O) groups excluding carboxylic acids is 2. The van der Waals surface area contributed by atoms with Crippen LogP contribution in [0.3, 0.4) is 0 Å². The van der Waals surface area contributed by atoms with Gasteiger partial charge in [0.05, 0.1) is 36.6 Å². The van der Waals surface area contributed by atoms with Crippen molar-refractivity contribution in [3.63, 3.8) is 0 Å². The quantitative estimate of drug-likeness (QED) is 0.342. The lowest BCUT2D eigenvalue weighted by Crippen LogP contribution is -2.35. The summed E-state index contributed by atoms with van der Waals surface area (Å²) in [5.41, 5.74) is -2.50. The molecule has 0 aromatic heterocycles. The molecule has 1 unspecified atom stereocenters. The molecule has 1 heterocycles. The highest BCUT2D eigenvalue weighted by atomic mass is 79.9. The number of methoxy groups -OCH3 is 1. The van der Waals surface area contributed by atoms with Gasteiger partial charge in [0.15, 0.2) is 0 Å². The molecule has 202 valence electrons. The summed E-state index contributed by atoms with van der Waals surface area (Å²) in [7, 11) is 1.06. The fourth-order valence-corrected chi connectivity index (χ4v) is 4.58. The van der Waals surface area contributed by atoms with E-state index in [1.54, 1.807) is 25.1 Å². The van der Waals surface area contributed by atoms with E-state index in [0.29, 0.717) is 34.3 Å². The van der Waals surface area contributed by atoms with E-state index in [9.17, 15) is 35.9 Å². The van der Waals surface area contributed by atoms with Gasteiger partial charge in [-0.05, 0) is 67.3 Å². The number of halogens is 7. The van der Waals surface area contributed by atoms with E-state index in [-0.39, 0.29) is 31.2 Å². The molecule has 2 aromatic carbocycles. The van der Waals surface area contributed by atoms with Crippen LogP contribution >= 0.6 is 15.9 Å². The Labute approximate surface area is 217 Å². The summed E-state index contributed by atoms with van der Waals surface area (Å²) in [6.07, 6.45) is -11.0. The molecule has 0 radical (unpaired) electrons. The number of hydrogen-bond donors (Lipinski definition) is 0. The maximum absolute atomic E-state index is 13.4. The van der Waals surface area contributed by atoms with Crippen LogP contribution < -0.4 is 4.90 Å². The van der Waals surface area contributed by atoms with E-state index in [4.69, 9.17) is 9.47 Å². The van der Waals surface area contributed by atoms with Gasteiger partial charge in [-0.2, -0.15) is 26.3 Å². The van der Waals surface area contributed by atoms with Gasteiger partial charge in [-0.3, -0.25) is 9.80 Å². The Hall–Kier alpha value is -2.96. The molecule has 0 saturated heterocycles. The Bertz CT molecular complexity index is 1120. The van der Waals surface area contributed by atoms with Crippen LogP contribution in [0, 0.1) is 0 Å². The monoisotopic (exact) mass is 596 g/mol. The van der Waals surface area contributed by atoms with Crippen molar-refractivity contribution in [1.82, 2.24) is 4.90 Å². The largest absolute Gasteiger partial charge is 0.453 e. The minimum atomic E-state index is -5.04. The van der Waals surface area contributed by atoms with Crippen molar-refractivity contribution in [2.75, 3.05) is 25.2 Å². The summed E-state index contributed by atoms with van der Waals surface area (Å²) in [5, 5.41) is 0. The minimum absolute atomic E-state index is 0.0290. The first-order valence-corrected chi connectivity index (χ1v) is 11.9. The highest BCUT2D eigenvalue weighted by molar-refractivity contribution is 9.10. The summed E-state index contributed by atoms with van der Waals surface area (Å²) in [6.45, 7) is 1.39. The van der Waals surface area contributed by atoms with Gasteiger partial charge in [0, 0.05) is 17.6 Å². The summed E-state index contributed by atoms with van der Waals surface area (Å²) < 4.78 is 91.0. The van der Waals surface area contributed by atoms with Crippen molar-refractivity contribution < 1.29 is 45.4 Å². The van der Waals surface area contributed by atoms with Crippen molar-refractivity contribution in [3.05, 3.63) is 63.1 Å². The number of nitrogens with zero attached hydrogens (tertiary/aromatic N) is 2. The molecular formula is C24H23BrF6N2O4. The highest BCUT2D eigenvalue weighted by Crippen LogP contribution is 2.41. The molecular weight excluding hydrogens is 574 g/mol. The van der Waals surface area contributed by atoms with Crippen molar-refractivity contribution >= 4 is 33.8 Å². The first-order valence-electron chi connectivity index (χ1n) is 11.1. The number of hydrogen-bond acceptors (Lipinski definition) is 4. The average Bonchev–Trinajstić information content (AvgIpc) is 3.00. The number of alkyl halides is 6. The molecule has 0 aliphatic carbocycles. The number of fused-ring (bicyclic) bond motifs is 1. The summed E-state index contributed by atoms with van der Waals surface area (Å²) in [5.74, 6) is 0. The summed E-state index contributed by atoms with van der Waals surface area (Å²) >= 11 is 3.34. The molecule has 13 heteroatoms. The molecule has 1 aliphatic rings. The van der Waals surface area contributed by atoms with Gasteiger partial charge in [-0.15, -0.1) is 0 Å². The third-order valence-corrected chi connectivity index (χ3v) is 6.27. The Morgan fingerprint density at radius 3 is 2.22 bits per heavy atom. The number of rotatable bonds is 4. The molecule has 0 saturated carbocycles. The smallest absolute Gasteiger partial charge is 0.416 e. The van der Waals surface area contributed by atoms with Gasteiger partial charge in [-0.1, -0.05) is 15.9 Å². The Morgan fingerprint density at radius 1 is 1.05 bits per heavy atom. The zero-order chi connectivity index (χ0) is 27.5. The maximum atomic E-state index is 13.4. The van der Waals surface area contributed by atoms with Crippen molar-refractivity contribution in [3.8, 4) is 0 Å². The van der Waals surface area contributed by atoms with Crippen molar-refractivity contribution in [2.24, 2.45) is 0 Å². The van der Waals surface area contributed by atoms with Crippen LogP contribution in [0.15, 0.2) is 40.9 Å². The summed E-state index contributed by atoms with van der Waals surface area (Å²) in [4.78, 5) is 27.9. The first-order chi connectivity index (χ1) is 17.3. The molecule has 0 fully saturated rings. The van der Waals surface area contributed by atoms with E-state index in [2.05, 4.69) is 15.9 Å². The van der Waals surface area contributed by atoms with Gasteiger partial charge in [-0.25, -0.2) is 9.59 Å². The molecule has 6 nitrogen and oxygen atoms in total. The van der Waals surface area contributed by atoms with Gasteiger partial charge in [0.25, 0.3) is 0 Å². The first kappa shape index (κ1) is 28.6. The molecule has 2 aromatic rings. The maximum Gasteiger partial charge on any atom is 0.416 e. The second-order valence-electron chi connectivity index (χ2n) is 8.22. The average molecular weight is 597 g/mol. The van der Waals surface area contributed by atoms with E-state index < -0.39 is 48.3 Å². The molecule has 3 rings (SSSR count). The van der Waals surface area contributed by atoms with Gasteiger partial charge < -0.3 is 9.47 Å². The van der Waals surface area contributed by atoms with Crippen LogP contribution in [0.25, 0.3) is 0 Å². The third-order valence-electron chi connectivity index (χ3n) is 5.77. The molecule has 1 atom stereocenters. The van der Waals surface area contributed by atoms with E-state index in [1.165, 1.54) is 4.90 Å². The van der Waals surface area contributed by atoms with Crippen LogP contribution in [-0.4, -0.2) is 37.3 Å². The van der Waals surface area contributed by atoms with E-state index >= 15 is 0 Å². The number of ether oxygens (including phenoxy) is 2. The zero-order valence-electron chi connectivity index (χ0n) is 19.8. The fourth-order valence-electron chi connectivity index (χ4n) is 4.20. The SMILES string of the molecule is CCOC(=O)N1CCCC(N(Cc2cc(C(F)(F)F)cc(C(F)(F)F)c2)C(=O)OC)c2cc(Br)ccc21. The van der Waals surface area contributed by atoms with Crippen molar-refractivity contribution in [1.29, 1.82) is 0 Å². The Balaban J connectivity index is 2.12. The Morgan fingerprint density at radius 2 is 1.68 bits per heavy atom. The van der Waals surface area contributed by atoms with Crippen molar-refractivity contribution in [2.45, 2.75) is 44.7 Å². The Kier molecular flexibility index (Phi) is 8.66. The van der Waals surface area contributed by atoms with E-state index in [0.717, 1.165) is 12.0 Å². The zero-order valence-corrected chi connectivity index (χ0v) is 21.3. The third kappa shape index (κ3) is 6.68. The predicted molar refractivity (Wildman–Crippen MR) is 125 cm³/mol. The lowest BCUT2D eigenvalue weighted by atomic mass is 9.98. The lowest BCUT2D eigenvalue weighted by Gasteiger charge is -2.32. The lowest BCUT2D eigenvalue weighted by molar-refractivity contribution is -0.143. The standard InChI is InChI=1S/C24H23BrF6N2O4/c1-3-37-22(35)32-8-4-5-19(18-12-17(25)6-7-20(18)32)33(21(34)36-2)13-14-9-15(23(26,27)28)11-16(10-14)24(29,30)31/h6-7,9-12,19H,3-5,8,13H2,1-2H3. The predicted octanol–water partition coefficient (Wildman–Crippen LogP) is 7.55. The molecule has 0 bridgehead atoms. The second kappa shape index (κ2) is 11.2.